The first-order valence-corrected chi connectivity index (χ1v) is 5.94. The summed E-state index contributed by atoms with van der Waals surface area (Å²) >= 11 is 0. The minimum Gasteiger partial charge on any atom is -0.396 e. The van der Waals surface area contributed by atoms with Crippen molar-refractivity contribution >= 4 is 11.5 Å². The van der Waals surface area contributed by atoms with Crippen LogP contribution < -0.4 is 11.1 Å². The second-order valence-electron chi connectivity index (χ2n) is 3.75. The highest BCUT2D eigenvalue weighted by atomic mass is 15.1. The molecule has 0 aliphatic carbocycles. The van der Waals surface area contributed by atoms with Gasteiger partial charge >= 0.3 is 0 Å². The monoisotopic (exact) mass is 222 g/mol. The molecule has 1 aromatic rings. The summed E-state index contributed by atoms with van der Waals surface area (Å²) in [7, 11) is 0. The highest BCUT2D eigenvalue weighted by Gasteiger charge is 2.00. The number of nitrogens with one attached hydrogen (secondary N) is 1. The van der Waals surface area contributed by atoms with Crippen molar-refractivity contribution in [1.82, 2.24) is 9.88 Å². The lowest BCUT2D eigenvalue weighted by Gasteiger charge is -2.17. The van der Waals surface area contributed by atoms with E-state index in [1.54, 1.807) is 6.20 Å². The fraction of sp³-hybridized carbons (Fsp3) is 0.583. The number of nitrogens with zero attached hydrogens (tertiary/aromatic N) is 2. The van der Waals surface area contributed by atoms with Gasteiger partial charge in [-0.05, 0) is 38.2 Å². The Morgan fingerprint density at radius 1 is 1.38 bits per heavy atom. The van der Waals surface area contributed by atoms with Gasteiger partial charge in [0.15, 0.2) is 0 Å². The van der Waals surface area contributed by atoms with Gasteiger partial charge in [0.25, 0.3) is 0 Å². The predicted octanol–water partition coefficient (Wildman–Crippen LogP) is 1.81. The molecule has 0 atom stereocenters. The summed E-state index contributed by atoms with van der Waals surface area (Å²) < 4.78 is 0. The number of anilines is 2. The summed E-state index contributed by atoms with van der Waals surface area (Å²) in [5, 5.41) is 3.25. The van der Waals surface area contributed by atoms with Gasteiger partial charge in [-0.1, -0.05) is 13.8 Å². The molecule has 4 nitrogen and oxygen atoms in total. The van der Waals surface area contributed by atoms with Gasteiger partial charge in [0, 0.05) is 12.7 Å². The Hall–Kier alpha value is -1.29. The average molecular weight is 222 g/mol. The lowest BCUT2D eigenvalue weighted by atomic mass is 10.3. The van der Waals surface area contributed by atoms with Gasteiger partial charge in [0.1, 0.15) is 5.82 Å². The van der Waals surface area contributed by atoms with Crippen molar-refractivity contribution in [2.24, 2.45) is 0 Å². The molecular formula is C12H22N4. The second kappa shape index (κ2) is 7.06. The number of pyridine rings is 1. The van der Waals surface area contributed by atoms with E-state index in [2.05, 4.69) is 29.0 Å². The van der Waals surface area contributed by atoms with Gasteiger partial charge < -0.3 is 16.0 Å². The summed E-state index contributed by atoms with van der Waals surface area (Å²) in [4.78, 5) is 6.59. The van der Waals surface area contributed by atoms with Crippen LogP contribution in [-0.2, 0) is 0 Å². The first kappa shape index (κ1) is 12.8. The van der Waals surface area contributed by atoms with E-state index in [0.29, 0.717) is 5.69 Å². The third-order valence-electron chi connectivity index (χ3n) is 2.68. The van der Waals surface area contributed by atoms with Crippen molar-refractivity contribution in [2.45, 2.75) is 20.3 Å². The zero-order valence-corrected chi connectivity index (χ0v) is 10.2. The van der Waals surface area contributed by atoms with E-state index in [-0.39, 0.29) is 0 Å². The first-order valence-electron chi connectivity index (χ1n) is 5.94. The zero-order valence-electron chi connectivity index (χ0n) is 10.2. The fourth-order valence-electron chi connectivity index (χ4n) is 1.61. The molecule has 0 aliphatic rings. The smallest absolute Gasteiger partial charge is 0.149 e. The maximum Gasteiger partial charge on any atom is 0.149 e. The van der Waals surface area contributed by atoms with E-state index in [0.717, 1.165) is 38.4 Å². The number of rotatable bonds is 7. The average Bonchev–Trinajstić information content (AvgIpc) is 2.31. The van der Waals surface area contributed by atoms with Crippen LogP contribution >= 0.6 is 0 Å². The summed E-state index contributed by atoms with van der Waals surface area (Å²) in [6.07, 6.45) is 2.86. The third kappa shape index (κ3) is 4.06. The molecule has 3 N–H and O–H groups in total. The van der Waals surface area contributed by atoms with Crippen LogP contribution in [0.1, 0.15) is 20.3 Å². The lowest BCUT2D eigenvalue weighted by molar-refractivity contribution is 0.303. The molecule has 16 heavy (non-hydrogen) atoms. The lowest BCUT2D eigenvalue weighted by Crippen LogP contribution is -2.25. The molecule has 90 valence electrons. The Kier molecular flexibility index (Phi) is 5.64. The van der Waals surface area contributed by atoms with Crippen molar-refractivity contribution in [3.8, 4) is 0 Å². The van der Waals surface area contributed by atoms with Crippen LogP contribution in [0, 0.1) is 0 Å². The first-order chi connectivity index (χ1) is 7.77. The summed E-state index contributed by atoms with van der Waals surface area (Å²) in [5.41, 5.74) is 6.49. The van der Waals surface area contributed by atoms with Gasteiger partial charge in [-0.25, -0.2) is 4.98 Å². The molecule has 0 fully saturated rings. The van der Waals surface area contributed by atoms with Gasteiger partial charge in [-0.3, -0.25) is 0 Å². The van der Waals surface area contributed by atoms with Crippen molar-refractivity contribution in [3.05, 3.63) is 18.3 Å². The number of hydrogen-bond donors (Lipinski definition) is 2. The van der Waals surface area contributed by atoms with E-state index in [1.165, 1.54) is 0 Å². The van der Waals surface area contributed by atoms with Crippen molar-refractivity contribution < 1.29 is 0 Å². The normalized spacial score (nSPS) is 10.7. The SMILES string of the molecule is CCN(CC)CCCNc1ncccc1N. The number of nitrogen functional groups attached to an aromatic ring is 1. The molecule has 1 aromatic heterocycles. The molecule has 0 amide bonds. The minimum atomic E-state index is 0.713. The van der Waals surface area contributed by atoms with Crippen LogP contribution in [0.2, 0.25) is 0 Å². The molecule has 0 bridgehead atoms. The van der Waals surface area contributed by atoms with Crippen LogP contribution in [-0.4, -0.2) is 36.1 Å². The summed E-state index contributed by atoms with van der Waals surface area (Å²) in [5.74, 6) is 0.794. The topological polar surface area (TPSA) is 54.2 Å². The maximum atomic E-state index is 5.78. The Balaban J connectivity index is 2.23. The Labute approximate surface area is 97.9 Å². The largest absolute Gasteiger partial charge is 0.396 e. The van der Waals surface area contributed by atoms with E-state index in [1.807, 2.05) is 12.1 Å². The Morgan fingerprint density at radius 3 is 2.75 bits per heavy atom. The quantitative estimate of drug-likeness (QED) is 0.691. The van der Waals surface area contributed by atoms with Gasteiger partial charge in [-0.15, -0.1) is 0 Å². The molecule has 0 saturated carbocycles. The highest BCUT2D eigenvalue weighted by Crippen LogP contribution is 2.12. The van der Waals surface area contributed by atoms with Gasteiger partial charge in [-0.2, -0.15) is 0 Å². The molecule has 0 unspecified atom stereocenters. The predicted molar refractivity (Wildman–Crippen MR) is 69.5 cm³/mol. The molecule has 1 heterocycles. The molecule has 0 radical (unpaired) electrons. The van der Waals surface area contributed by atoms with Crippen LogP contribution in [0.4, 0.5) is 11.5 Å². The van der Waals surface area contributed by atoms with E-state index >= 15 is 0 Å². The molecule has 0 saturated heterocycles. The van der Waals surface area contributed by atoms with Crippen molar-refractivity contribution in [3.63, 3.8) is 0 Å². The molecule has 4 heteroatoms. The van der Waals surface area contributed by atoms with Crippen LogP contribution in [0.3, 0.4) is 0 Å². The van der Waals surface area contributed by atoms with E-state index in [4.69, 9.17) is 5.73 Å². The van der Waals surface area contributed by atoms with Crippen LogP contribution in [0.25, 0.3) is 0 Å². The van der Waals surface area contributed by atoms with E-state index in [9.17, 15) is 0 Å². The Morgan fingerprint density at radius 2 is 2.12 bits per heavy atom. The van der Waals surface area contributed by atoms with E-state index < -0.39 is 0 Å². The van der Waals surface area contributed by atoms with Gasteiger partial charge in [0.2, 0.25) is 0 Å². The molecule has 0 aromatic carbocycles. The molecule has 0 spiro atoms. The standard InChI is InChI=1S/C12H22N4/c1-3-16(4-2)10-6-9-15-12-11(13)7-5-8-14-12/h5,7-8H,3-4,6,9-10,13H2,1-2H3,(H,14,15). The number of aromatic nitrogens is 1. The molecule has 0 aliphatic heterocycles. The second-order valence-corrected chi connectivity index (χ2v) is 3.75. The Bertz CT molecular complexity index is 297. The molecule has 1 rings (SSSR count). The highest BCUT2D eigenvalue weighted by molar-refractivity contribution is 5.60. The number of nitrogens with two attached hydrogens (primary N) is 1. The summed E-state index contributed by atoms with van der Waals surface area (Å²) in [6, 6.07) is 3.70. The molecular weight excluding hydrogens is 200 g/mol. The minimum absolute atomic E-state index is 0.713. The van der Waals surface area contributed by atoms with Crippen LogP contribution in [0.15, 0.2) is 18.3 Å². The zero-order chi connectivity index (χ0) is 11.8. The summed E-state index contributed by atoms with van der Waals surface area (Å²) in [6.45, 7) is 8.64. The van der Waals surface area contributed by atoms with Crippen molar-refractivity contribution in [1.29, 1.82) is 0 Å². The van der Waals surface area contributed by atoms with Crippen molar-refractivity contribution in [2.75, 3.05) is 37.2 Å². The fourth-order valence-corrected chi connectivity index (χ4v) is 1.61. The third-order valence-corrected chi connectivity index (χ3v) is 2.68. The number of hydrogen-bond acceptors (Lipinski definition) is 4. The van der Waals surface area contributed by atoms with Gasteiger partial charge in [0.05, 0.1) is 5.69 Å². The van der Waals surface area contributed by atoms with Crippen LogP contribution in [0.5, 0.6) is 0 Å². The maximum absolute atomic E-state index is 5.78.